The van der Waals surface area contributed by atoms with Crippen molar-refractivity contribution in [2.24, 2.45) is 0 Å². The van der Waals surface area contributed by atoms with Gasteiger partial charge in [-0.05, 0) is 18.2 Å². The van der Waals surface area contributed by atoms with E-state index in [-0.39, 0.29) is 23.3 Å². The summed E-state index contributed by atoms with van der Waals surface area (Å²) in [7, 11) is 1.52. The third-order valence-electron chi connectivity index (χ3n) is 2.71. The van der Waals surface area contributed by atoms with E-state index in [2.05, 4.69) is 5.32 Å². The molecule has 7 heteroatoms. The van der Waals surface area contributed by atoms with Crippen LogP contribution in [0.1, 0.15) is 0 Å². The van der Waals surface area contributed by atoms with Gasteiger partial charge in [-0.15, -0.1) is 0 Å². The Bertz CT molecular complexity index is 692. The Hall–Kier alpha value is -1.62. The van der Waals surface area contributed by atoms with Crippen LogP contribution in [-0.2, 0) is 4.79 Å². The van der Waals surface area contributed by atoms with Crippen LogP contribution in [0, 0.1) is 0 Å². The molecule has 1 amide bonds. The highest BCUT2D eigenvalue weighted by molar-refractivity contribution is 6.43. The van der Waals surface area contributed by atoms with Crippen molar-refractivity contribution < 1.29 is 14.3 Å². The van der Waals surface area contributed by atoms with E-state index in [1.54, 1.807) is 24.3 Å². The molecule has 2 aromatic carbocycles. The van der Waals surface area contributed by atoms with Crippen molar-refractivity contribution in [3.8, 4) is 11.5 Å². The van der Waals surface area contributed by atoms with Crippen LogP contribution < -0.4 is 14.8 Å². The lowest BCUT2D eigenvalue weighted by Crippen LogP contribution is -2.20. The number of hydrogen-bond acceptors (Lipinski definition) is 3. The first-order valence-corrected chi connectivity index (χ1v) is 7.35. The van der Waals surface area contributed by atoms with E-state index in [0.717, 1.165) is 0 Å². The summed E-state index contributed by atoms with van der Waals surface area (Å²) in [5.41, 5.74) is 0.554. The summed E-state index contributed by atoms with van der Waals surface area (Å²) in [6.07, 6.45) is 0. The highest BCUT2D eigenvalue weighted by Crippen LogP contribution is 2.33. The molecule has 22 heavy (non-hydrogen) atoms. The lowest BCUT2D eigenvalue weighted by atomic mass is 10.3. The molecule has 1 N–H and O–H groups in total. The van der Waals surface area contributed by atoms with Crippen molar-refractivity contribution in [3.05, 3.63) is 51.5 Å². The fourth-order valence-corrected chi connectivity index (χ4v) is 2.28. The Balaban J connectivity index is 2.00. The number of anilines is 1. The van der Waals surface area contributed by atoms with Crippen LogP contribution in [-0.4, -0.2) is 19.6 Å². The molecule has 0 aliphatic heterocycles. The topological polar surface area (TPSA) is 47.6 Å². The molecule has 2 rings (SSSR count). The minimum atomic E-state index is -0.355. The summed E-state index contributed by atoms with van der Waals surface area (Å²) in [6.45, 7) is -0.226. The third-order valence-corrected chi connectivity index (χ3v) is 3.73. The van der Waals surface area contributed by atoms with E-state index < -0.39 is 0 Å². The Kier molecular flexibility index (Phi) is 5.77. The predicted molar refractivity (Wildman–Crippen MR) is 88.6 cm³/mol. The average molecular weight is 361 g/mol. The summed E-state index contributed by atoms with van der Waals surface area (Å²) in [4.78, 5) is 11.9. The zero-order valence-electron chi connectivity index (χ0n) is 11.5. The summed E-state index contributed by atoms with van der Waals surface area (Å²) in [6, 6.07) is 9.98. The van der Waals surface area contributed by atoms with Gasteiger partial charge < -0.3 is 14.8 Å². The molecule has 0 aliphatic carbocycles. The van der Waals surface area contributed by atoms with Crippen LogP contribution in [0.3, 0.4) is 0 Å². The minimum Gasteiger partial charge on any atom is -0.495 e. The Labute approximate surface area is 142 Å². The standard InChI is InChI=1S/C15H12Cl3NO3/c1-21-13-5-3-2-4-12(13)19-15(20)8-22-14-7-10(17)9(16)6-11(14)18/h2-7H,8H2,1H3,(H,19,20). The van der Waals surface area contributed by atoms with Crippen LogP contribution >= 0.6 is 34.8 Å². The van der Waals surface area contributed by atoms with Crippen LogP contribution in [0.25, 0.3) is 0 Å². The van der Waals surface area contributed by atoms with Crippen molar-refractivity contribution in [1.29, 1.82) is 0 Å². The number of methoxy groups -OCH3 is 1. The molecule has 2 aromatic rings. The van der Waals surface area contributed by atoms with Crippen molar-refractivity contribution in [2.75, 3.05) is 19.0 Å². The Morgan fingerprint density at radius 3 is 2.45 bits per heavy atom. The van der Waals surface area contributed by atoms with E-state index in [4.69, 9.17) is 44.3 Å². The second-order valence-corrected chi connectivity index (χ2v) is 5.46. The van der Waals surface area contributed by atoms with E-state index in [1.807, 2.05) is 0 Å². The molecule has 0 aliphatic rings. The smallest absolute Gasteiger partial charge is 0.262 e. The first-order chi connectivity index (χ1) is 10.5. The molecule has 0 heterocycles. The molecule has 0 aromatic heterocycles. The first kappa shape index (κ1) is 16.7. The van der Waals surface area contributed by atoms with Gasteiger partial charge in [-0.2, -0.15) is 0 Å². The van der Waals surface area contributed by atoms with E-state index in [0.29, 0.717) is 21.5 Å². The molecule has 0 spiro atoms. The number of halogens is 3. The molecule has 0 radical (unpaired) electrons. The van der Waals surface area contributed by atoms with E-state index >= 15 is 0 Å². The minimum absolute atomic E-state index is 0.226. The normalized spacial score (nSPS) is 10.2. The van der Waals surface area contributed by atoms with Gasteiger partial charge in [-0.1, -0.05) is 46.9 Å². The number of para-hydroxylation sites is 2. The van der Waals surface area contributed by atoms with Gasteiger partial charge in [0.05, 0.1) is 27.9 Å². The summed E-state index contributed by atoms with van der Waals surface area (Å²) in [5, 5.41) is 3.58. The van der Waals surface area contributed by atoms with E-state index in [9.17, 15) is 4.79 Å². The lowest BCUT2D eigenvalue weighted by molar-refractivity contribution is -0.118. The number of benzene rings is 2. The van der Waals surface area contributed by atoms with Crippen LogP contribution in [0.4, 0.5) is 5.69 Å². The zero-order valence-corrected chi connectivity index (χ0v) is 13.8. The molecule has 0 atom stereocenters. The van der Waals surface area contributed by atoms with Crippen LogP contribution in [0.15, 0.2) is 36.4 Å². The fraction of sp³-hybridized carbons (Fsp3) is 0.133. The van der Waals surface area contributed by atoms with Gasteiger partial charge in [0.25, 0.3) is 5.91 Å². The van der Waals surface area contributed by atoms with Gasteiger partial charge in [-0.3, -0.25) is 4.79 Å². The molecular weight excluding hydrogens is 349 g/mol. The Morgan fingerprint density at radius 2 is 1.73 bits per heavy atom. The second kappa shape index (κ2) is 7.58. The van der Waals surface area contributed by atoms with Crippen molar-refractivity contribution in [2.45, 2.75) is 0 Å². The molecule has 0 bridgehead atoms. The maximum Gasteiger partial charge on any atom is 0.262 e. The van der Waals surface area contributed by atoms with Crippen molar-refractivity contribution >= 4 is 46.4 Å². The van der Waals surface area contributed by atoms with Gasteiger partial charge in [0.15, 0.2) is 6.61 Å². The molecular formula is C15H12Cl3NO3. The first-order valence-electron chi connectivity index (χ1n) is 6.21. The number of nitrogens with one attached hydrogen (secondary N) is 1. The number of carbonyl (C=O) groups is 1. The summed E-state index contributed by atoms with van der Waals surface area (Å²) < 4.78 is 10.5. The van der Waals surface area contributed by atoms with Gasteiger partial charge in [-0.25, -0.2) is 0 Å². The number of carbonyl (C=O) groups excluding carboxylic acids is 1. The molecule has 0 fully saturated rings. The largest absolute Gasteiger partial charge is 0.495 e. The molecule has 116 valence electrons. The van der Waals surface area contributed by atoms with E-state index in [1.165, 1.54) is 19.2 Å². The highest BCUT2D eigenvalue weighted by atomic mass is 35.5. The van der Waals surface area contributed by atoms with Gasteiger partial charge in [0.1, 0.15) is 11.5 Å². The fourth-order valence-electron chi connectivity index (χ4n) is 1.69. The maximum atomic E-state index is 11.9. The quantitative estimate of drug-likeness (QED) is 0.788. The van der Waals surface area contributed by atoms with Gasteiger partial charge in [0, 0.05) is 6.07 Å². The summed E-state index contributed by atoms with van der Waals surface area (Å²) in [5.74, 6) is 0.487. The van der Waals surface area contributed by atoms with Crippen molar-refractivity contribution in [3.63, 3.8) is 0 Å². The number of ether oxygens (including phenoxy) is 2. The molecule has 4 nitrogen and oxygen atoms in total. The molecule has 0 saturated carbocycles. The SMILES string of the molecule is COc1ccccc1NC(=O)COc1cc(Cl)c(Cl)cc1Cl. The van der Waals surface area contributed by atoms with Gasteiger partial charge in [0.2, 0.25) is 0 Å². The monoisotopic (exact) mass is 359 g/mol. The third kappa shape index (κ3) is 4.19. The molecule has 0 unspecified atom stereocenters. The second-order valence-electron chi connectivity index (χ2n) is 4.23. The van der Waals surface area contributed by atoms with Crippen LogP contribution in [0.2, 0.25) is 15.1 Å². The number of rotatable bonds is 5. The number of amides is 1. The van der Waals surface area contributed by atoms with Crippen molar-refractivity contribution in [1.82, 2.24) is 0 Å². The summed E-state index contributed by atoms with van der Waals surface area (Å²) >= 11 is 17.7. The lowest BCUT2D eigenvalue weighted by Gasteiger charge is -2.11. The molecule has 0 saturated heterocycles. The maximum absolute atomic E-state index is 11.9. The zero-order chi connectivity index (χ0) is 16.1. The highest BCUT2D eigenvalue weighted by Gasteiger charge is 2.11. The predicted octanol–water partition coefficient (Wildman–Crippen LogP) is 4.67. The number of hydrogen-bond donors (Lipinski definition) is 1. The average Bonchev–Trinajstić information content (AvgIpc) is 2.50. The van der Waals surface area contributed by atoms with Crippen LogP contribution in [0.5, 0.6) is 11.5 Å². The van der Waals surface area contributed by atoms with Gasteiger partial charge >= 0.3 is 0 Å². The Morgan fingerprint density at radius 1 is 1.05 bits per heavy atom.